The van der Waals surface area contributed by atoms with Crippen LogP contribution in [0.4, 0.5) is 5.69 Å². The number of methoxy groups -OCH3 is 1. The number of carbonyl (C=O) groups is 3. The summed E-state index contributed by atoms with van der Waals surface area (Å²) in [6.45, 7) is 3.28. The van der Waals surface area contributed by atoms with Crippen LogP contribution in [0.1, 0.15) is 53.3 Å². The fourth-order valence-corrected chi connectivity index (χ4v) is 3.25. The van der Waals surface area contributed by atoms with Gasteiger partial charge in [0.15, 0.2) is 11.5 Å². The molecule has 2 aromatic carbocycles. The molecule has 0 unspecified atom stereocenters. The Kier molecular flexibility index (Phi) is 7.48. The second-order valence-electron chi connectivity index (χ2n) is 7.18. The molecular formula is C23H27N3O5. The second kappa shape index (κ2) is 10.5. The van der Waals surface area contributed by atoms with E-state index in [4.69, 9.17) is 9.47 Å². The fourth-order valence-electron chi connectivity index (χ4n) is 3.25. The van der Waals surface area contributed by atoms with Crippen molar-refractivity contribution in [2.24, 2.45) is 0 Å². The number of nitrogens with one attached hydrogen (secondary N) is 2. The van der Waals surface area contributed by atoms with Gasteiger partial charge in [0.1, 0.15) is 0 Å². The predicted octanol–water partition coefficient (Wildman–Crippen LogP) is 3.08. The monoisotopic (exact) mass is 425 g/mol. The molecule has 0 aliphatic carbocycles. The lowest BCUT2D eigenvalue weighted by Gasteiger charge is -2.16. The molecule has 8 heteroatoms. The molecule has 0 saturated carbocycles. The molecule has 0 bridgehead atoms. The highest BCUT2D eigenvalue weighted by Gasteiger charge is 2.22. The number of amides is 3. The Balaban J connectivity index is 1.61. The maximum atomic E-state index is 12.5. The predicted molar refractivity (Wildman–Crippen MR) is 116 cm³/mol. The summed E-state index contributed by atoms with van der Waals surface area (Å²) in [6, 6.07) is 11.6. The van der Waals surface area contributed by atoms with Gasteiger partial charge in [-0.2, -0.15) is 0 Å². The third-order valence-corrected chi connectivity index (χ3v) is 4.96. The van der Waals surface area contributed by atoms with Gasteiger partial charge in [-0.1, -0.05) is 19.4 Å². The van der Waals surface area contributed by atoms with Crippen molar-refractivity contribution in [2.45, 2.75) is 32.6 Å². The topological polar surface area (TPSA) is 97.0 Å². The van der Waals surface area contributed by atoms with E-state index in [0.717, 1.165) is 19.3 Å². The van der Waals surface area contributed by atoms with Crippen LogP contribution in [0.5, 0.6) is 11.5 Å². The first-order valence-corrected chi connectivity index (χ1v) is 10.4. The van der Waals surface area contributed by atoms with Crippen molar-refractivity contribution in [3.63, 3.8) is 0 Å². The lowest BCUT2D eigenvalue weighted by atomic mass is 10.1. The van der Waals surface area contributed by atoms with Gasteiger partial charge in [-0.3, -0.25) is 25.2 Å². The minimum absolute atomic E-state index is 0.0435. The first-order valence-electron chi connectivity index (χ1n) is 10.4. The number of hydrogen-bond acceptors (Lipinski definition) is 5. The van der Waals surface area contributed by atoms with Crippen LogP contribution < -0.4 is 25.2 Å². The van der Waals surface area contributed by atoms with Gasteiger partial charge in [0.2, 0.25) is 5.91 Å². The normalized spacial score (nSPS) is 13.1. The van der Waals surface area contributed by atoms with Crippen LogP contribution in [0.3, 0.4) is 0 Å². The average molecular weight is 425 g/mol. The highest BCUT2D eigenvalue weighted by Crippen LogP contribution is 2.28. The van der Waals surface area contributed by atoms with E-state index in [9.17, 15) is 14.4 Å². The summed E-state index contributed by atoms with van der Waals surface area (Å²) in [5, 5.41) is 0. The first kappa shape index (κ1) is 22.1. The van der Waals surface area contributed by atoms with Gasteiger partial charge in [0.25, 0.3) is 11.8 Å². The first-order chi connectivity index (χ1) is 15.0. The van der Waals surface area contributed by atoms with Gasteiger partial charge in [-0.15, -0.1) is 0 Å². The van der Waals surface area contributed by atoms with Gasteiger partial charge in [0, 0.05) is 29.8 Å². The Morgan fingerprint density at radius 1 is 1.03 bits per heavy atom. The molecule has 1 aliphatic heterocycles. The summed E-state index contributed by atoms with van der Waals surface area (Å²) in [5.74, 6) is 0.0794. The zero-order valence-corrected chi connectivity index (χ0v) is 17.8. The van der Waals surface area contributed by atoms with E-state index in [2.05, 4.69) is 17.8 Å². The molecule has 1 aliphatic rings. The molecule has 0 radical (unpaired) electrons. The number of hydrogen-bond donors (Lipinski definition) is 2. The molecular weight excluding hydrogens is 398 g/mol. The van der Waals surface area contributed by atoms with E-state index in [0.29, 0.717) is 47.9 Å². The van der Waals surface area contributed by atoms with Crippen LogP contribution in [0, 0.1) is 0 Å². The summed E-state index contributed by atoms with van der Waals surface area (Å²) >= 11 is 0. The zero-order valence-electron chi connectivity index (χ0n) is 17.8. The van der Waals surface area contributed by atoms with Gasteiger partial charge in [-0.25, -0.2) is 0 Å². The number of rotatable bonds is 8. The van der Waals surface area contributed by atoms with Crippen LogP contribution in [0.15, 0.2) is 42.5 Å². The highest BCUT2D eigenvalue weighted by molar-refractivity contribution is 6.01. The quantitative estimate of drug-likeness (QED) is 0.500. The summed E-state index contributed by atoms with van der Waals surface area (Å²) in [7, 11) is 1.50. The van der Waals surface area contributed by atoms with E-state index in [1.54, 1.807) is 47.4 Å². The van der Waals surface area contributed by atoms with Crippen molar-refractivity contribution < 1.29 is 23.9 Å². The molecule has 0 atom stereocenters. The van der Waals surface area contributed by atoms with Crippen LogP contribution in [0.25, 0.3) is 0 Å². The van der Waals surface area contributed by atoms with E-state index < -0.39 is 11.8 Å². The summed E-state index contributed by atoms with van der Waals surface area (Å²) in [5.41, 5.74) is 6.14. The number of benzene rings is 2. The Labute approximate surface area is 181 Å². The van der Waals surface area contributed by atoms with Crippen molar-refractivity contribution in [1.29, 1.82) is 0 Å². The maximum absolute atomic E-state index is 12.5. The van der Waals surface area contributed by atoms with Crippen LogP contribution in [0.2, 0.25) is 0 Å². The minimum atomic E-state index is -0.488. The van der Waals surface area contributed by atoms with E-state index >= 15 is 0 Å². The van der Waals surface area contributed by atoms with E-state index in [1.165, 1.54) is 7.11 Å². The molecule has 3 amide bonds. The number of nitrogens with zero attached hydrogens (tertiary/aromatic N) is 1. The second-order valence-corrected chi connectivity index (χ2v) is 7.18. The van der Waals surface area contributed by atoms with Crippen molar-refractivity contribution in [1.82, 2.24) is 10.9 Å². The molecule has 31 heavy (non-hydrogen) atoms. The molecule has 3 rings (SSSR count). The molecule has 164 valence electrons. The maximum Gasteiger partial charge on any atom is 0.269 e. The average Bonchev–Trinajstić information content (AvgIpc) is 3.23. The Morgan fingerprint density at radius 2 is 1.77 bits per heavy atom. The third kappa shape index (κ3) is 5.53. The molecule has 2 aromatic rings. The zero-order chi connectivity index (χ0) is 22.2. The van der Waals surface area contributed by atoms with Gasteiger partial charge in [0.05, 0.1) is 13.7 Å². The molecule has 0 spiro atoms. The minimum Gasteiger partial charge on any atom is -0.493 e. The lowest BCUT2D eigenvalue weighted by molar-refractivity contribution is -0.117. The van der Waals surface area contributed by atoms with Crippen LogP contribution >= 0.6 is 0 Å². The van der Waals surface area contributed by atoms with Crippen LogP contribution in [-0.4, -0.2) is 38.0 Å². The van der Waals surface area contributed by atoms with Gasteiger partial charge >= 0.3 is 0 Å². The standard InChI is InChI=1S/C23H27N3O5/c1-3-4-13-31-19-11-10-17(15-20(19)30-2)23(29)25-24-22(28)16-7-5-8-18(14-16)26-12-6-9-21(26)27/h5,7-8,10-11,14-15H,3-4,6,9,12-13H2,1-2H3,(H,24,28)(H,25,29). The highest BCUT2D eigenvalue weighted by atomic mass is 16.5. The van der Waals surface area contributed by atoms with Crippen molar-refractivity contribution >= 4 is 23.4 Å². The summed E-state index contributed by atoms with van der Waals surface area (Å²) in [4.78, 5) is 38.5. The summed E-state index contributed by atoms with van der Waals surface area (Å²) in [6.07, 6.45) is 3.25. The largest absolute Gasteiger partial charge is 0.493 e. The third-order valence-electron chi connectivity index (χ3n) is 4.96. The summed E-state index contributed by atoms with van der Waals surface area (Å²) < 4.78 is 11.0. The molecule has 1 heterocycles. The SMILES string of the molecule is CCCCOc1ccc(C(=O)NNC(=O)c2cccc(N3CCCC3=O)c2)cc1OC. The Hall–Kier alpha value is -3.55. The Bertz CT molecular complexity index is 960. The van der Waals surface area contributed by atoms with Crippen molar-refractivity contribution in [3.8, 4) is 11.5 Å². The smallest absolute Gasteiger partial charge is 0.269 e. The van der Waals surface area contributed by atoms with Crippen LogP contribution in [-0.2, 0) is 4.79 Å². The molecule has 0 aromatic heterocycles. The lowest BCUT2D eigenvalue weighted by Crippen LogP contribution is -2.41. The molecule has 2 N–H and O–H groups in total. The number of unbranched alkanes of at least 4 members (excludes halogenated alkanes) is 1. The van der Waals surface area contributed by atoms with E-state index in [-0.39, 0.29) is 5.91 Å². The molecule has 8 nitrogen and oxygen atoms in total. The Morgan fingerprint density at radius 3 is 2.42 bits per heavy atom. The van der Waals surface area contributed by atoms with Crippen molar-refractivity contribution in [3.05, 3.63) is 53.6 Å². The van der Waals surface area contributed by atoms with Gasteiger partial charge in [-0.05, 0) is 49.2 Å². The number of carbonyl (C=O) groups excluding carboxylic acids is 3. The molecule has 1 saturated heterocycles. The van der Waals surface area contributed by atoms with Crippen molar-refractivity contribution in [2.75, 3.05) is 25.2 Å². The molecule has 1 fully saturated rings. The number of hydrazine groups is 1. The number of ether oxygens (including phenoxy) is 2. The number of anilines is 1. The fraction of sp³-hybridized carbons (Fsp3) is 0.348. The van der Waals surface area contributed by atoms with E-state index in [1.807, 2.05) is 0 Å². The van der Waals surface area contributed by atoms with Gasteiger partial charge < -0.3 is 14.4 Å².